The van der Waals surface area contributed by atoms with Crippen LogP contribution in [0, 0.1) is 0 Å². The minimum Gasteiger partial charge on any atom is -0.397 e. The van der Waals surface area contributed by atoms with Crippen molar-refractivity contribution in [3.05, 3.63) is 34.4 Å². The first kappa shape index (κ1) is 8.72. The van der Waals surface area contributed by atoms with E-state index in [0.717, 1.165) is 10.2 Å². The van der Waals surface area contributed by atoms with Crippen LogP contribution in [-0.2, 0) is 0 Å². The fourth-order valence-corrected chi connectivity index (χ4v) is 2.18. The van der Waals surface area contributed by atoms with Gasteiger partial charge in [-0.2, -0.15) is 0 Å². The smallest absolute Gasteiger partial charge is 0.106 e. The van der Waals surface area contributed by atoms with Crippen LogP contribution in [0.5, 0.6) is 0 Å². The molecule has 2 nitrogen and oxygen atoms in total. The van der Waals surface area contributed by atoms with Gasteiger partial charge in [0, 0.05) is 10.4 Å². The molecule has 66 valence electrons. The maximum Gasteiger partial charge on any atom is 0.106 e. The lowest BCUT2D eigenvalue weighted by Crippen LogP contribution is -1.90. The molecule has 2 heterocycles. The molecule has 0 amide bonds. The number of thiophene rings is 1. The maximum atomic E-state index is 5.80. The number of aromatic nitrogens is 1. The fourth-order valence-electron chi connectivity index (χ4n) is 1.09. The predicted molar refractivity (Wildman–Crippen MR) is 59.7 cm³/mol. The quantitative estimate of drug-likeness (QED) is 0.795. The number of halogens is 1. The highest BCUT2D eigenvalue weighted by molar-refractivity contribution is 9.10. The molecule has 0 spiro atoms. The summed E-state index contributed by atoms with van der Waals surface area (Å²) in [6, 6.07) is 5.98. The van der Waals surface area contributed by atoms with Crippen LogP contribution in [-0.4, -0.2) is 4.98 Å². The Labute approximate surface area is 88.6 Å². The second-order valence-electron chi connectivity index (χ2n) is 2.57. The van der Waals surface area contributed by atoms with Crippen LogP contribution >= 0.6 is 27.3 Å². The highest BCUT2D eigenvalue weighted by Crippen LogP contribution is 2.30. The van der Waals surface area contributed by atoms with Crippen LogP contribution < -0.4 is 5.73 Å². The van der Waals surface area contributed by atoms with Crippen LogP contribution in [0.4, 0.5) is 5.69 Å². The zero-order chi connectivity index (χ0) is 9.26. The van der Waals surface area contributed by atoms with Crippen molar-refractivity contribution in [1.82, 2.24) is 4.98 Å². The Morgan fingerprint density at radius 1 is 1.46 bits per heavy atom. The van der Waals surface area contributed by atoms with Gasteiger partial charge in [0.15, 0.2) is 0 Å². The van der Waals surface area contributed by atoms with E-state index in [9.17, 15) is 0 Å². The summed E-state index contributed by atoms with van der Waals surface area (Å²) in [5.41, 5.74) is 7.56. The zero-order valence-electron chi connectivity index (χ0n) is 6.70. The molecule has 0 aliphatic heterocycles. The fraction of sp³-hybridized carbons (Fsp3) is 0. The summed E-state index contributed by atoms with van der Waals surface area (Å²) in [5, 5.41) is 2.03. The van der Waals surface area contributed by atoms with E-state index in [1.165, 1.54) is 4.88 Å². The largest absolute Gasteiger partial charge is 0.397 e. The van der Waals surface area contributed by atoms with Gasteiger partial charge in [0.2, 0.25) is 0 Å². The second-order valence-corrected chi connectivity index (χ2v) is 4.33. The molecular weight excluding hydrogens is 248 g/mol. The zero-order valence-corrected chi connectivity index (χ0v) is 9.10. The lowest BCUT2D eigenvalue weighted by Gasteiger charge is -2.02. The Morgan fingerprint density at radius 3 is 3.00 bits per heavy atom. The first-order chi connectivity index (χ1) is 6.27. The van der Waals surface area contributed by atoms with E-state index in [0.29, 0.717) is 5.69 Å². The molecule has 0 saturated heterocycles. The van der Waals surface area contributed by atoms with Crippen molar-refractivity contribution in [2.45, 2.75) is 0 Å². The number of nitrogen functional groups attached to an aromatic ring is 1. The molecule has 0 aromatic carbocycles. The van der Waals surface area contributed by atoms with Gasteiger partial charge in [-0.1, -0.05) is 6.07 Å². The number of anilines is 1. The second kappa shape index (κ2) is 3.47. The van der Waals surface area contributed by atoms with Crippen molar-refractivity contribution in [1.29, 1.82) is 0 Å². The molecule has 0 radical (unpaired) electrons. The number of nitrogens with two attached hydrogens (primary N) is 1. The molecule has 0 fully saturated rings. The van der Waals surface area contributed by atoms with Crippen molar-refractivity contribution in [2.24, 2.45) is 0 Å². The molecule has 2 aromatic heterocycles. The lowest BCUT2D eigenvalue weighted by molar-refractivity contribution is 1.28. The number of pyridine rings is 1. The van der Waals surface area contributed by atoms with E-state index >= 15 is 0 Å². The van der Waals surface area contributed by atoms with E-state index in [1.807, 2.05) is 23.6 Å². The van der Waals surface area contributed by atoms with Gasteiger partial charge in [-0.25, -0.2) is 4.98 Å². The maximum absolute atomic E-state index is 5.80. The van der Waals surface area contributed by atoms with Gasteiger partial charge in [-0.15, -0.1) is 11.3 Å². The Bertz CT molecular complexity index is 412. The Hall–Kier alpha value is -0.870. The normalized spacial score (nSPS) is 10.2. The molecule has 2 rings (SSSR count). The van der Waals surface area contributed by atoms with E-state index in [2.05, 4.69) is 20.9 Å². The van der Waals surface area contributed by atoms with Gasteiger partial charge >= 0.3 is 0 Å². The van der Waals surface area contributed by atoms with Crippen LogP contribution in [0.25, 0.3) is 10.4 Å². The summed E-state index contributed by atoms with van der Waals surface area (Å²) in [4.78, 5) is 5.21. The number of nitrogens with zero attached hydrogens (tertiary/aromatic N) is 1. The van der Waals surface area contributed by atoms with Crippen LogP contribution in [0.1, 0.15) is 0 Å². The third-order valence-electron chi connectivity index (χ3n) is 1.69. The molecular formula is C9H7BrN2S. The van der Waals surface area contributed by atoms with Crippen LogP contribution in [0.3, 0.4) is 0 Å². The van der Waals surface area contributed by atoms with Gasteiger partial charge in [0.05, 0.1) is 11.9 Å². The molecule has 0 aliphatic rings. The van der Waals surface area contributed by atoms with E-state index in [1.54, 1.807) is 17.5 Å². The van der Waals surface area contributed by atoms with Crippen LogP contribution in [0.15, 0.2) is 34.4 Å². The number of hydrogen-bond acceptors (Lipinski definition) is 3. The van der Waals surface area contributed by atoms with Gasteiger partial charge < -0.3 is 5.73 Å². The van der Waals surface area contributed by atoms with Crippen molar-refractivity contribution in [3.8, 4) is 10.4 Å². The van der Waals surface area contributed by atoms with Gasteiger partial charge in [0.25, 0.3) is 0 Å². The van der Waals surface area contributed by atoms with Crippen LogP contribution in [0.2, 0.25) is 0 Å². The topological polar surface area (TPSA) is 38.9 Å². The first-order valence-electron chi connectivity index (χ1n) is 3.72. The minimum atomic E-state index is 0.714. The summed E-state index contributed by atoms with van der Waals surface area (Å²) >= 11 is 4.99. The summed E-state index contributed by atoms with van der Waals surface area (Å²) < 4.78 is 0.810. The average molecular weight is 255 g/mol. The first-order valence-corrected chi connectivity index (χ1v) is 5.39. The van der Waals surface area contributed by atoms with Crippen molar-refractivity contribution in [3.63, 3.8) is 0 Å². The molecule has 2 aromatic rings. The summed E-state index contributed by atoms with van der Waals surface area (Å²) in [6.07, 6.45) is 1.67. The highest BCUT2D eigenvalue weighted by atomic mass is 79.9. The number of hydrogen-bond donors (Lipinski definition) is 1. The third kappa shape index (κ3) is 1.73. The highest BCUT2D eigenvalue weighted by Gasteiger charge is 2.04. The molecule has 0 saturated carbocycles. The monoisotopic (exact) mass is 254 g/mol. The standard InChI is InChI=1S/C9H7BrN2S/c10-9-4-6(7(11)5-12-9)8-2-1-3-13-8/h1-5H,11H2. The summed E-state index contributed by atoms with van der Waals surface area (Å²) in [6.45, 7) is 0. The molecule has 0 atom stereocenters. The molecule has 2 N–H and O–H groups in total. The van der Waals surface area contributed by atoms with Crippen molar-refractivity contribution < 1.29 is 0 Å². The summed E-state index contributed by atoms with van der Waals surface area (Å²) in [5.74, 6) is 0. The van der Waals surface area contributed by atoms with Crippen molar-refractivity contribution in [2.75, 3.05) is 5.73 Å². The third-order valence-corrected chi connectivity index (χ3v) is 3.02. The van der Waals surface area contributed by atoms with E-state index < -0.39 is 0 Å². The average Bonchev–Trinajstić information content (AvgIpc) is 2.61. The van der Waals surface area contributed by atoms with Gasteiger partial charge in [0.1, 0.15) is 4.60 Å². The van der Waals surface area contributed by atoms with Crippen molar-refractivity contribution >= 4 is 33.0 Å². The van der Waals surface area contributed by atoms with Gasteiger partial charge in [-0.05, 0) is 33.4 Å². The SMILES string of the molecule is Nc1cnc(Br)cc1-c1cccs1. The molecule has 0 unspecified atom stereocenters. The van der Waals surface area contributed by atoms with E-state index in [-0.39, 0.29) is 0 Å². The Balaban J connectivity index is 2.57. The Morgan fingerprint density at radius 2 is 2.31 bits per heavy atom. The minimum absolute atomic E-state index is 0.714. The molecule has 13 heavy (non-hydrogen) atoms. The molecule has 0 aliphatic carbocycles. The Kier molecular flexibility index (Phi) is 2.33. The lowest BCUT2D eigenvalue weighted by atomic mass is 10.2. The summed E-state index contributed by atoms with van der Waals surface area (Å²) in [7, 11) is 0. The molecule has 0 bridgehead atoms. The number of rotatable bonds is 1. The molecule has 4 heteroatoms. The van der Waals surface area contributed by atoms with Gasteiger partial charge in [-0.3, -0.25) is 0 Å². The predicted octanol–water partition coefficient (Wildman–Crippen LogP) is 3.15. The van der Waals surface area contributed by atoms with E-state index in [4.69, 9.17) is 5.73 Å².